The molecule has 0 aliphatic heterocycles. The Hall–Kier alpha value is -1.97. The van der Waals surface area contributed by atoms with Gasteiger partial charge in [-0.3, -0.25) is 0 Å². The molecule has 0 aliphatic carbocycles. The van der Waals surface area contributed by atoms with Crippen molar-refractivity contribution in [2.45, 2.75) is 0 Å². The Balaban J connectivity index is 2.65. The molecular weight excluding hydrogens is 166 g/mol. The third kappa shape index (κ3) is 0.823. The summed E-state index contributed by atoms with van der Waals surface area (Å²) < 4.78 is 4.82. The average molecular weight is 171 g/mol. The van der Waals surface area contributed by atoms with Crippen LogP contribution in [-0.4, -0.2) is 15.4 Å². The molecule has 0 bridgehead atoms. The van der Waals surface area contributed by atoms with Gasteiger partial charge in [-0.1, -0.05) is 23.4 Å². The fraction of sp³-hybridized carbons (Fsp3) is 0. The predicted octanol–water partition coefficient (Wildman–Crippen LogP) is 1.77. The Morgan fingerprint density at radius 1 is 1.00 bits per heavy atom. The van der Waals surface area contributed by atoms with Gasteiger partial charge in [-0.25, -0.2) is 0 Å². The first kappa shape index (κ1) is 6.54. The molecule has 62 valence electrons. The number of aromatic nitrogens is 3. The largest absolute Gasteiger partial charge is 0.362 e. The van der Waals surface area contributed by atoms with Crippen molar-refractivity contribution in [2.75, 3.05) is 0 Å². The van der Waals surface area contributed by atoms with Gasteiger partial charge in [-0.15, -0.1) is 10.2 Å². The maximum Gasteiger partial charge on any atom is 0.224 e. The summed E-state index contributed by atoms with van der Waals surface area (Å²) in [5, 5.41) is 13.6. The highest BCUT2D eigenvalue weighted by Gasteiger charge is 2.04. The van der Waals surface area contributed by atoms with Crippen LogP contribution in [0.3, 0.4) is 0 Å². The molecule has 0 saturated carbocycles. The maximum absolute atomic E-state index is 4.82. The van der Waals surface area contributed by atoms with E-state index in [9.17, 15) is 0 Å². The zero-order valence-electron chi connectivity index (χ0n) is 6.64. The molecule has 0 N–H and O–H groups in total. The first-order valence-corrected chi connectivity index (χ1v) is 3.91. The van der Waals surface area contributed by atoms with Crippen LogP contribution in [0.4, 0.5) is 0 Å². The molecule has 0 aliphatic rings. The molecule has 0 unspecified atom stereocenters. The molecule has 0 spiro atoms. The van der Waals surface area contributed by atoms with Crippen molar-refractivity contribution in [3.63, 3.8) is 0 Å². The van der Waals surface area contributed by atoms with Gasteiger partial charge in [0.15, 0.2) is 0 Å². The number of rotatable bonds is 0. The number of nitrogens with zero attached hydrogens (tertiary/aromatic N) is 3. The molecule has 0 atom stereocenters. The van der Waals surface area contributed by atoms with E-state index in [2.05, 4.69) is 15.4 Å². The van der Waals surface area contributed by atoms with Gasteiger partial charge < -0.3 is 4.52 Å². The summed E-state index contributed by atoms with van der Waals surface area (Å²) in [6.07, 6.45) is 1.59. The van der Waals surface area contributed by atoms with E-state index in [1.807, 2.05) is 24.3 Å². The monoisotopic (exact) mass is 171 g/mol. The van der Waals surface area contributed by atoms with Gasteiger partial charge in [0, 0.05) is 5.39 Å². The van der Waals surface area contributed by atoms with Crippen LogP contribution >= 0.6 is 0 Å². The lowest BCUT2D eigenvalue weighted by atomic mass is 10.2. The highest BCUT2D eigenvalue weighted by molar-refractivity contribution is 6.01. The van der Waals surface area contributed by atoms with Crippen LogP contribution in [0, 0.1) is 0 Å². The van der Waals surface area contributed by atoms with Gasteiger partial charge in [0.2, 0.25) is 5.65 Å². The average Bonchev–Trinajstić information content (AvgIpc) is 2.65. The van der Waals surface area contributed by atoms with E-state index < -0.39 is 0 Å². The highest BCUT2D eigenvalue weighted by atomic mass is 16.5. The zero-order chi connectivity index (χ0) is 8.67. The molecule has 0 radical (unpaired) electrons. The molecule has 4 nitrogen and oxygen atoms in total. The topological polar surface area (TPSA) is 51.8 Å². The number of fused-ring (bicyclic) bond motifs is 3. The van der Waals surface area contributed by atoms with Gasteiger partial charge in [-0.05, 0) is 6.07 Å². The van der Waals surface area contributed by atoms with Gasteiger partial charge >= 0.3 is 0 Å². The Morgan fingerprint density at radius 2 is 1.92 bits per heavy atom. The van der Waals surface area contributed by atoms with E-state index in [1.165, 1.54) is 0 Å². The fourth-order valence-electron chi connectivity index (χ4n) is 1.38. The standard InChI is InChI=1S/C9H5N3O/c1-2-4-8-6(3-1)7-5-13-12-9(7)11-10-8/h1-5H. The smallest absolute Gasteiger partial charge is 0.224 e. The SMILES string of the molecule is c1ccc2c(c1)nnc1nocc12. The lowest BCUT2D eigenvalue weighted by Gasteiger charge is -1.93. The lowest BCUT2D eigenvalue weighted by molar-refractivity contribution is 0.426. The summed E-state index contributed by atoms with van der Waals surface area (Å²) in [6, 6.07) is 7.77. The van der Waals surface area contributed by atoms with Crippen molar-refractivity contribution in [2.24, 2.45) is 0 Å². The van der Waals surface area contributed by atoms with E-state index in [0.29, 0.717) is 5.65 Å². The Labute approximate surface area is 73.2 Å². The molecule has 2 aromatic heterocycles. The minimum absolute atomic E-state index is 0.554. The van der Waals surface area contributed by atoms with Crippen molar-refractivity contribution in [1.82, 2.24) is 15.4 Å². The molecular formula is C9H5N3O. The molecule has 13 heavy (non-hydrogen) atoms. The zero-order valence-corrected chi connectivity index (χ0v) is 6.64. The first-order chi connectivity index (χ1) is 6.45. The van der Waals surface area contributed by atoms with E-state index in [0.717, 1.165) is 16.3 Å². The predicted molar refractivity (Wildman–Crippen MR) is 47.1 cm³/mol. The molecule has 0 amide bonds. The Bertz CT molecular complexity index is 573. The molecule has 3 aromatic rings. The van der Waals surface area contributed by atoms with Gasteiger partial charge in [0.25, 0.3) is 0 Å². The van der Waals surface area contributed by atoms with E-state index in [1.54, 1.807) is 6.26 Å². The second kappa shape index (κ2) is 2.26. The van der Waals surface area contributed by atoms with Crippen LogP contribution < -0.4 is 0 Å². The summed E-state index contributed by atoms with van der Waals surface area (Å²) >= 11 is 0. The van der Waals surface area contributed by atoms with Crippen LogP contribution in [0.5, 0.6) is 0 Å². The highest BCUT2D eigenvalue weighted by Crippen LogP contribution is 2.19. The fourth-order valence-corrected chi connectivity index (χ4v) is 1.38. The molecule has 3 rings (SSSR count). The van der Waals surface area contributed by atoms with E-state index in [-0.39, 0.29) is 0 Å². The molecule has 4 heteroatoms. The first-order valence-electron chi connectivity index (χ1n) is 3.91. The van der Waals surface area contributed by atoms with Gasteiger partial charge in [0.1, 0.15) is 6.26 Å². The van der Waals surface area contributed by atoms with Crippen molar-refractivity contribution in [1.29, 1.82) is 0 Å². The Kier molecular flexibility index (Phi) is 1.14. The second-order valence-electron chi connectivity index (χ2n) is 2.77. The minimum Gasteiger partial charge on any atom is -0.362 e. The normalized spacial score (nSPS) is 11.1. The number of hydrogen-bond acceptors (Lipinski definition) is 4. The second-order valence-corrected chi connectivity index (χ2v) is 2.77. The Morgan fingerprint density at radius 3 is 2.92 bits per heavy atom. The van der Waals surface area contributed by atoms with Crippen molar-refractivity contribution in [3.05, 3.63) is 30.5 Å². The quantitative estimate of drug-likeness (QED) is 0.517. The maximum atomic E-state index is 4.82. The summed E-state index contributed by atoms with van der Waals surface area (Å²) in [6.45, 7) is 0. The van der Waals surface area contributed by atoms with Crippen LogP contribution in [0.25, 0.3) is 21.9 Å². The number of benzene rings is 1. The van der Waals surface area contributed by atoms with Gasteiger partial charge in [0.05, 0.1) is 10.9 Å². The van der Waals surface area contributed by atoms with Crippen LogP contribution in [0.1, 0.15) is 0 Å². The van der Waals surface area contributed by atoms with Crippen molar-refractivity contribution < 1.29 is 4.52 Å². The molecule has 0 fully saturated rings. The van der Waals surface area contributed by atoms with E-state index >= 15 is 0 Å². The third-order valence-electron chi connectivity index (χ3n) is 2.00. The summed E-state index contributed by atoms with van der Waals surface area (Å²) in [5.74, 6) is 0. The van der Waals surface area contributed by atoms with Crippen molar-refractivity contribution in [3.8, 4) is 0 Å². The molecule has 1 aromatic carbocycles. The van der Waals surface area contributed by atoms with Crippen LogP contribution in [0.15, 0.2) is 35.1 Å². The van der Waals surface area contributed by atoms with Crippen LogP contribution in [-0.2, 0) is 0 Å². The summed E-state index contributed by atoms with van der Waals surface area (Å²) in [7, 11) is 0. The van der Waals surface area contributed by atoms with Gasteiger partial charge in [-0.2, -0.15) is 0 Å². The third-order valence-corrected chi connectivity index (χ3v) is 2.00. The molecule has 0 saturated heterocycles. The molecule has 2 heterocycles. The van der Waals surface area contributed by atoms with E-state index in [4.69, 9.17) is 4.52 Å². The van der Waals surface area contributed by atoms with Crippen molar-refractivity contribution >= 4 is 21.9 Å². The summed E-state index contributed by atoms with van der Waals surface area (Å²) in [4.78, 5) is 0. The minimum atomic E-state index is 0.554. The number of hydrogen-bond donors (Lipinski definition) is 0. The lowest BCUT2D eigenvalue weighted by Crippen LogP contribution is -1.84. The summed E-state index contributed by atoms with van der Waals surface area (Å²) in [5.41, 5.74) is 1.41. The van der Waals surface area contributed by atoms with Crippen LogP contribution in [0.2, 0.25) is 0 Å².